The Morgan fingerprint density at radius 3 is 2.33 bits per heavy atom. The molecule has 0 spiro atoms. The predicted molar refractivity (Wildman–Crippen MR) is 84.4 cm³/mol. The highest BCUT2D eigenvalue weighted by Gasteiger charge is 2.42. The lowest BCUT2D eigenvalue weighted by molar-refractivity contribution is -0.155. The molecule has 2 aromatic carbocycles. The maximum absolute atomic E-state index is 13.4. The van der Waals surface area contributed by atoms with Crippen molar-refractivity contribution in [2.24, 2.45) is 0 Å². The van der Waals surface area contributed by atoms with Gasteiger partial charge in [-0.1, -0.05) is 48.5 Å². The molecule has 24 heavy (non-hydrogen) atoms. The Labute approximate surface area is 136 Å². The van der Waals surface area contributed by atoms with Gasteiger partial charge in [0.15, 0.2) is 6.04 Å². The van der Waals surface area contributed by atoms with Crippen LogP contribution in [0, 0.1) is 0 Å². The molecule has 0 unspecified atom stereocenters. The average molecular weight is 330 g/mol. The van der Waals surface area contributed by atoms with Crippen molar-refractivity contribution >= 4 is 16.8 Å². The molecule has 6 heteroatoms. The Morgan fingerprint density at radius 1 is 0.958 bits per heavy atom. The summed E-state index contributed by atoms with van der Waals surface area (Å²) in [5.74, 6) is -0.792. The summed E-state index contributed by atoms with van der Waals surface area (Å²) in [6.07, 6.45) is -3.19. The second-order valence-corrected chi connectivity index (χ2v) is 5.23. The van der Waals surface area contributed by atoms with Gasteiger partial charge in [-0.15, -0.1) is 0 Å². The van der Waals surface area contributed by atoms with Gasteiger partial charge in [-0.3, -0.25) is 9.78 Å². The molecule has 0 saturated carbocycles. The monoisotopic (exact) mass is 330 g/mol. The summed E-state index contributed by atoms with van der Waals surface area (Å²) in [6.45, 7) is 0. The number of aromatic nitrogens is 1. The standard InChI is InChI=1S/C18H13F3N2O/c19-18(20,21)16(12-6-2-1-3-7-12)23-17(24)14-10-11-22-15-9-5-4-8-13(14)15/h1-11,16H,(H,23,24)/t16-/m0/s1. The Morgan fingerprint density at radius 2 is 1.62 bits per heavy atom. The second-order valence-electron chi connectivity index (χ2n) is 5.23. The molecule has 3 rings (SSSR count). The van der Waals surface area contributed by atoms with Crippen LogP contribution in [-0.4, -0.2) is 17.1 Å². The fourth-order valence-electron chi connectivity index (χ4n) is 2.50. The van der Waals surface area contributed by atoms with E-state index in [2.05, 4.69) is 10.3 Å². The molecule has 0 bridgehead atoms. The van der Waals surface area contributed by atoms with Crippen LogP contribution in [0.3, 0.4) is 0 Å². The van der Waals surface area contributed by atoms with Crippen molar-refractivity contribution in [1.82, 2.24) is 10.3 Å². The van der Waals surface area contributed by atoms with E-state index >= 15 is 0 Å². The number of nitrogens with one attached hydrogen (secondary N) is 1. The van der Waals surface area contributed by atoms with Crippen LogP contribution in [0.4, 0.5) is 13.2 Å². The molecule has 0 saturated heterocycles. The number of pyridine rings is 1. The molecule has 1 amide bonds. The molecule has 1 heterocycles. The van der Waals surface area contributed by atoms with Crippen LogP contribution >= 0.6 is 0 Å². The molecule has 3 nitrogen and oxygen atoms in total. The zero-order chi connectivity index (χ0) is 17.2. The van der Waals surface area contributed by atoms with Crippen molar-refractivity contribution in [3.05, 3.63) is 78.0 Å². The van der Waals surface area contributed by atoms with Crippen LogP contribution in [0.15, 0.2) is 66.9 Å². The molecule has 0 aliphatic rings. The first kappa shape index (κ1) is 16.0. The first-order chi connectivity index (χ1) is 11.5. The quantitative estimate of drug-likeness (QED) is 0.779. The van der Waals surface area contributed by atoms with E-state index in [1.54, 1.807) is 30.3 Å². The van der Waals surface area contributed by atoms with Crippen LogP contribution < -0.4 is 5.32 Å². The van der Waals surface area contributed by atoms with Gasteiger partial charge in [0.1, 0.15) is 0 Å². The van der Waals surface area contributed by atoms with Gasteiger partial charge in [0.2, 0.25) is 0 Å². The largest absolute Gasteiger partial charge is 0.412 e. The van der Waals surface area contributed by atoms with E-state index in [0.717, 1.165) is 0 Å². The maximum Gasteiger partial charge on any atom is 0.412 e. The number of alkyl halides is 3. The van der Waals surface area contributed by atoms with Crippen LogP contribution in [0.25, 0.3) is 10.9 Å². The molecule has 1 atom stereocenters. The zero-order valence-corrected chi connectivity index (χ0v) is 12.4. The van der Waals surface area contributed by atoms with Crippen molar-refractivity contribution < 1.29 is 18.0 Å². The van der Waals surface area contributed by atoms with E-state index in [4.69, 9.17) is 0 Å². The predicted octanol–water partition coefficient (Wildman–Crippen LogP) is 4.27. The van der Waals surface area contributed by atoms with Crippen molar-refractivity contribution in [3.63, 3.8) is 0 Å². The van der Waals surface area contributed by atoms with Crippen molar-refractivity contribution in [1.29, 1.82) is 0 Å². The number of carbonyl (C=O) groups is 1. The van der Waals surface area contributed by atoms with Gasteiger partial charge >= 0.3 is 6.18 Å². The molecule has 3 aromatic rings. The van der Waals surface area contributed by atoms with Crippen LogP contribution in [0.2, 0.25) is 0 Å². The van der Waals surface area contributed by atoms with E-state index in [1.165, 1.54) is 36.5 Å². The molecular formula is C18H13F3N2O. The molecule has 0 aliphatic carbocycles. The Bertz CT molecular complexity index is 858. The number of hydrogen-bond donors (Lipinski definition) is 1. The maximum atomic E-state index is 13.4. The number of benzene rings is 2. The van der Waals surface area contributed by atoms with E-state index in [9.17, 15) is 18.0 Å². The summed E-state index contributed by atoms with van der Waals surface area (Å²) in [7, 11) is 0. The van der Waals surface area contributed by atoms with Gasteiger partial charge in [-0.05, 0) is 17.7 Å². The molecule has 0 aliphatic heterocycles. The number of rotatable bonds is 3. The summed E-state index contributed by atoms with van der Waals surface area (Å²) in [5.41, 5.74) is 0.691. The van der Waals surface area contributed by atoms with Gasteiger partial charge in [-0.25, -0.2) is 0 Å². The summed E-state index contributed by atoms with van der Waals surface area (Å²) in [6, 6.07) is 13.4. The summed E-state index contributed by atoms with van der Waals surface area (Å²) in [4.78, 5) is 16.6. The number of amides is 1. The van der Waals surface area contributed by atoms with Crippen molar-refractivity contribution in [2.75, 3.05) is 0 Å². The Kier molecular flexibility index (Phi) is 4.20. The number of carbonyl (C=O) groups excluding carboxylic acids is 1. The lowest BCUT2D eigenvalue weighted by Crippen LogP contribution is -2.38. The fourth-order valence-corrected chi connectivity index (χ4v) is 2.50. The van der Waals surface area contributed by atoms with E-state index in [-0.39, 0.29) is 11.1 Å². The number of nitrogens with zero attached hydrogens (tertiary/aromatic N) is 1. The number of halogens is 3. The first-order valence-electron chi connectivity index (χ1n) is 7.23. The minimum absolute atomic E-state index is 0.0169. The minimum Gasteiger partial charge on any atom is -0.337 e. The summed E-state index contributed by atoms with van der Waals surface area (Å²) in [5, 5.41) is 2.60. The highest BCUT2D eigenvalue weighted by atomic mass is 19.4. The highest BCUT2D eigenvalue weighted by Crippen LogP contribution is 2.33. The molecule has 0 fully saturated rings. The minimum atomic E-state index is -4.60. The normalized spacial score (nSPS) is 12.8. The van der Waals surface area contributed by atoms with Crippen LogP contribution in [-0.2, 0) is 0 Å². The third kappa shape index (κ3) is 3.22. The second kappa shape index (κ2) is 6.31. The van der Waals surface area contributed by atoms with E-state index in [1.807, 2.05) is 0 Å². The molecule has 0 radical (unpaired) electrons. The smallest absolute Gasteiger partial charge is 0.337 e. The van der Waals surface area contributed by atoms with Crippen LogP contribution in [0.5, 0.6) is 0 Å². The molecule has 122 valence electrons. The van der Waals surface area contributed by atoms with Gasteiger partial charge < -0.3 is 5.32 Å². The van der Waals surface area contributed by atoms with Gasteiger partial charge in [0.25, 0.3) is 5.91 Å². The topological polar surface area (TPSA) is 42.0 Å². The lowest BCUT2D eigenvalue weighted by atomic mass is 10.0. The van der Waals surface area contributed by atoms with E-state index in [0.29, 0.717) is 10.9 Å². The lowest BCUT2D eigenvalue weighted by Gasteiger charge is -2.22. The Balaban J connectivity index is 1.97. The fraction of sp³-hybridized carbons (Fsp3) is 0.111. The molecular weight excluding hydrogens is 317 g/mol. The number of para-hydroxylation sites is 1. The zero-order valence-electron chi connectivity index (χ0n) is 12.4. The Hall–Kier alpha value is -2.89. The van der Waals surface area contributed by atoms with Crippen molar-refractivity contribution in [3.8, 4) is 0 Å². The highest BCUT2D eigenvalue weighted by molar-refractivity contribution is 6.06. The number of fused-ring (bicyclic) bond motifs is 1. The third-order valence-electron chi connectivity index (χ3n) is 3.63. The van der Waals surface area contributed by atoms with Gasteiger partial charge in [-0.2, -0.15) is 13.2 Å². The van der Waals surface area contributed by atoms with Gasteiger partial charge in [0, 0.05) is 11.6 Å². The van der Waals surface area contributed by atoms with Gasteiger partial charge in [0.05, 0.1) is 11.1 Å². The average Bonchev–Trinajstić information content (AvgIpc) is 2.58. The molecule has 1 N–H and O–H groups in total. The van der Waals surface area contributed by atoms with Crippen molar-refractivity contribution in [2.45, 2.75) is 12.2 Å². The third-order valence-corrected chi connectivity index (χ3v) is 3.63. The molecule has 1 aromatic heterocycles. The first-order valence-corrected chi connectivity index (χ1v) is 7.23. The van der Waals surface area contributed by atoms with Crippen LogP contribution in [0.1, 0.15) is 22.0 Å². The van der Waals surface area contributed by atoms with E-state index < -0.39 is 18.1 Å². The summed E-state index contributed by atoms with van der Waals surface area (Å²) >= 11 is 0. The number of hydrogen-bond acceptors (Lipinski definition) is 2. The summed E-state index contributed by atoms with van der Waals surface area (Å²) < 4.78 is 40.1. The SMILES string of the molecule is O=C(N[C@@H](c1ccccc1)C(F)(F)F)c1ccnc2ccccc12.